The van der Waals surface area contributed by atoms with Crippen molar-refractivity contribution in [1.82, 2.24) is 4.98 Å². The molecular formula is C9H8N2O. The van der Waals surface area contributed by atoms with Gasteiger partial charge >= 0.3 is 0 Å². The molecule has 60 valence electrons. The van der Waals surface area contributed by atoms with Crippen molar-refractivity contribution in [3.05, 3.63) is 29.1 Å². The number of hydrogen-bond acceptors (Lipinski definition) is 3. The van der Waals surface area contributed by atoms with Gasteiger partial charge in [-0.15, -0.1) is 0 Å². The number of epoxide rings is 1. The molecule has 1 saturated heterocycles. The summed E-state index contributed by atoms with van der Waals surface area (Å²) < 4.78 is 5.10. The second-order valence-corrected chi connectivity index (χ2v) is 2.86. The molecule has 1 fully saturated rings. The first-order valence-corrected chi connectivity index (χ1v) is 3.79. The monoisotopic (exact) mass is 160 g/mol. The number of nitriles is 1. The molecule has 1 aromatic heterocycles. The van der Waals surface area contributed by atoms with E-state index in [9.17, 15) is 0 Å². The van der Waals surface area contributed by atoms with Crippen molar-refractivity contribution in [1.29, 1.82) is 5.26 Å². The lowest BCUT2D eigenvalue weighted by Gasteiger charge is -1.99. The largest absolute Gasteiger partial charge is 0.366 e. The highest BCUT2D eigenvalue weighted by atomic mass is 16.6. The third kappa shape index (κ3) is 1.17. The molecule has 0 saturated carbocycles. The molecule has 0 amide bonds. The van der Waals surface area contributed by atoms with Crippen LogP contribution in [-0.4, -0.2) is 11.6 Å². The first kappa shape index (κ1) is 7.26. The summed E-state index contributed by atoms with van der Waals surface area (Å²) >= 11 is 0. The molecule has 2 rings (SSSR count). The Balaban J connectivity index is 2.40. The molecule has 1 unspecified atom stereocenters. The molecule has 0 radical (unpaired) electrons. The molecule has 0 N–H and O–H groups in total. The van der Waals surface area contributed by atoms with E-state index in [1.807, 2.05) is 13.0 Å². The fourth-order valence-electron chi connectivity index (χ4n) is 1.19. The van der Waals surface area contributed by atoms with Gasteiger partial charge in [0.2, 0.25) is 0 Å². The SMILES string of the molecule is Cc1cc(C#N)cnc1C1CO1. The van der Waals surface area contributed by atoms with Crippen LogP contribution in [0.1, 0.15) is 22.9 Å². The lowest BCUT2D eigenvalue weighted by atomic mass is 10.1. The molecule has 1 aliphatic rings. The second kappa shape index (κ2) is 2.58. The number of hydrogen-bond donors (Lipinski definition) is 0. The van der Waals surface area contributed by atoms with Gasteiger partial charge in [-0.3, -0.25) is 4.98 Å². The molecule has 0 spiro atoms. The maximum atomic E-state index is 8.59. The first-order chi connectivity index (χ1) is 5.81. The van der Waals surface area contributed by atoms with Gasteiger partial charge < -0.3 is 4.74 Å². The maximum Gasteiger partial charge on any atom is 0.123 e. The van der Waals surface area contributed by atoms with Gasteiger partial charge in [0.25, 0.3) is 0 Å². The first-order valence-electron chi connectivity index (χ1n) is 3.79. The van der Waals surface area contributed by atoms with Crippen molar-refractivity contribution >= 4 is 0 Å². The molecule has 3 nitrogen and oxygen atoms in total. The summed E-state index contributed by atoms with van der Waals surface area (Å²) in [5.74, 6) is 0. The zero-order chi connectivity index (χ0) is 8.55. The second-order valence-electron chi connectivity index (χ2n) is 2.86. The minimum atomic E-state index is 0.178. The Morgan fingerprint density at radius 3 is 3.00 bits per heavy atom. The summed E-state index contributed by atoms with van der Waals surface area (Å²) in [6, 6.07) is 3.89. The van der Waals surface area contributed by atoms with Gasteiger partial charge in [0.1, 0.15) is 12.2 Å². The van der Waals surface area contributed by atoms with Gasteiger partial charge in [0.05, 0.1) is 17.9 Å². The Hall–Kier alpha value is -1.40. The van der Waals surface area contributed by atoms with Crippen LogP contribution >= 0.6 is 0 Å². The van der Waals surface area contributed by atoms with E-state index in [0.29, 0.717) is 5.56 Å². The fourth-order valence-corrected chi connectivity index (χ4v) is 1.19. The van der Waals surface area contributed by atoms with E-state index in [4.69, 9.17) is 10.00 Å². The highest BCUT2D eigenvalue weighted by Crippen LogP contribution is 2.30. The van der Waals surface area contributed by atoms with Crippen LogP contribution in [0.5, 0.6) is 0 Å². The van der Waals surface area contributed by atoms with E-state index in [2.05, 4.69) is 11.1 Å². The molecule has 12 heavy (non-hydrogen) atoms. The van der Waals surface area contributed by atoms with Crippen LogP contribution in [0.25, 0.3) is 0 Å². The molecule has 2 heterocycles. The van der Waals surface area contributed by atoms with Crippen molar-refractivity contribution in [3.8, 4) is 6.07 Å². The fraction of sp³-hybridized carbons (Fsp3) is 0.333. The Kier molecular flexibility index (Phi) is 1.56. The van der Waals surface area contributed by atoms with Gasteiger partial charge in [0, 0.05) is 6.20 Å². The Morgan fingerprint density at radius 1 is 1.75 bits per heavy atom. The Labute approximate surface area is 70.6 Å². The summed E-state index contributed by atoms with van der Waals surface area (Å²) in [4.78, 5) is 4.16. The lowest BCUT2D eigenvalue weighted by molar-refractivity contribution is 0.410. The van der Waals surface area contributed by atoms with Crippen molar-refractivity contribution in [2.75, 3.05) is 6.61 Å². The van der Waals surface area contributed by atoms with Crippen LogP contribution in [0.2, 0.25) is 0 Å². The average Bonchev–Trinajstić information content (AvgIpc) is 2.87. The molecule has 0 aliphatic carbocycles. The average molecular weight is 160 g/mol. The van der Waals surface area contributed by atoms with Crippen LogP contribution in [0.4, 0.5) is 0 Å². The number of ether oxygens (including phenoxy) is 1. The number of aryl methyl sites for hydroxylation is 1. The minimum absolute atomic E-state index is 0.178. The van der Waals surface area contributed by atoms with Crippen LogP contribution in [-0.2, 0) is 4.74 Å². The Bertz CT molecular complexity index is 350. The van der Waals surface area contributed by atoms with Gasteiger partial charge in [-0.1, -0.05) is 0 Å². The summed E-state index contributed by atoms with van der Waals surface area (Å²) in [5.41, 5.74) is 2.61. The summed E-state index contributed by atoms with van der Waals surface area (Å²) in [6.45, 7) is 2.71. The van der Waals surface area contributed by atoms with Crippen LogP contribution in [0, 0.1) is 18.3 Å². The maximum absolute atomic E-state index is 8.59. The predicted molar refractivity (Wildman–Crippen MR) is 42.4 cm³/mol. The standard InChI is InChI=1S/C9H8N2O/c1-6-2-7(3-10)4-11-9(6)8-5-12-8/h2,4,8H,5H2,1H3. The normalized spacial score (nSPS) is 20.2. The molecule has 1 aliphatic heterocycles. The summed E-state index contributed by atoms with van der Waals surface area (Å²) in [5, 5.41) is 8.59. The highest BCUT2D eigenvalue weighted by molar-refractivity contribution is 5.33. The third-order valence-electron chi connectivity index (χ3n) is 1.89. The van der Waals surface area contributed by atoms with Crippen molar-refractivity contribution in [2.24, 2.45) is 0 Å². The number of nitrogens with zero attached hydrogens (tertiary/aromatic N) is 2. The van der Waals surface area contributed by atoms with Crippen LogP contribution in [0.15, 0.2) is 12.3 Å². The van der Waals surface area contributed by atoms with Crippen molar-refractivity contribution < 1.29 is 4.74 Å². The van der Waals surface area contributed by atoms with Crippen LogP contribution in [0.3, 0.4) is 0 Å². The lowest BCUT2D eigenvalue weighted by Crippen LogP contribution is -1.92. The molecule has 0 aromatic carbocycles. The zero-order valence-corrected chi connectivity index (χ0v) is 6.74. The zero-order valence-electron chi connectivity index (χ0n) is 6.74. The van der Waals surface area contributed by atoms with E-state index in [1.54, 1.807) is 6.20 Å². The number of pyridine rings is 1. The van der Waals surface area contributed by atoms with Crippen molar-refractivity contribution in [3.63, 3.8) is 0 Å². The summed E-state index contributed by atoms with van der Waals surface area (Å²) in [7, 11) is 0. The van der Waals surface area contributed by atoms with Gasteiger partial charge in [-0.25, -0.2) is 0 Å². The highest BCUT2D eigenvalue weighted by Gasteiger charge is 2.27. The third-order valence-corrected chi connectivity index (χ3v) is 1.89. The van der Waals surface area contributed by atoms with E-state index >= 15 is 0 Å². The minimum Gasteiger partial charge on any atom is -0.366 e. The molecule has 1 aromatic rings. The smallest absolute Gasteiger partial charge is 0.123 e. The van der Waals surface area contributed by atoms with E-state index in [-0.39, 0.29) is 6.10 Å². The molecule has 1 atom stereocenters. The topological polar surface area (TPSA) is 49.2 Å². The van der Waals surface area contributed by atoms with Gasteiger partial charge in [-0.05, 0) is 18.6 Å². The Morgan fingerprint density at radius 2 is 2.50 bits per heavy atom. The quantitative estimate of drug-likeness (QED) is 0.582. The van der Waals surface area contributed by atoms with E-state index in [0.717, 1.165) is 17.9 Å². The predicted octanol–water partition coefficient (Wildman–Crippen LogP) is 1.33. The van der Waals surface area contributed by atoms with E-state index < -0.39 is 0 Å². The van der Waals surface area contributed by atoms with Gasteiger partial charge in [0.15, 0.2) is 0 Å². The van der Waals surface area contributed by atoms with Gasteiger partial charge in [-0.2, -0.15) is 5.26 Å². The molecular weight excluding hydrogens is 152 g/mol. The summed E-state index contributed by atoms with van der Waals surface area (Å²) in [6.07, 6.45) is 1.77. The molecule has 0 bridgehead atoms. The van der Waals surface area contributed by atoms with E-state index in [1.165, 1.54) is 0 Å². The number of rotatable bonds is 1. The number of aromatic nitrogens is 1. The van der Waals surface area contributed by atoms with Crippen molar-refractivity contribution in [2.45, 2.75) is 13.0 Å². The molecule has 3 heteroatoms. The van der Waals surface area contributed by atoms with Crippen LogP contribution < -0.4 is 0 Å².